The van der Waals surface area contributed by atoms with Gasteiger partial charge in [0.2, 0.25) is 0 Å². The Hall–Kier alpha value is -3.08. The first-order valence-corrected chi connectivity index (χ1v) is 8.86. The molecule has 5 heteroatoms. The lowest BCUT2D eigenvalue weighted by molar-refractivity contribution is -0.690. The number of aromatic nitrogens is 2. The van der Waals surface area contributed by atoms with Gasteiger partial charge in [0.25, 0.3) is 11.7 Å². The van der Waals surface area contributed by atoms with Gasteiger partial charge in [-0.15, -0.1) is 0 Å². The topological polar surface area (TPSA) is 47.1 Å². The highest BCUT2D eigenvalue weighted by molar-refractivity contribution is 5.91. The molecule has 0 bridgehead atoms. The second-order valence-corrected chi connectivity index (χ2v) is 6.43. The van der Waals surface area contributed by atoms with Crippen LogP contribution in [0.5, 0.6) is 5.75 Å². The fourth-order valence-corrected chi connectivity index (χ4v) is 3.58. The lowest BCUT2D eigenvalue weighted by Gasteiger charge is -2.09. The van der Waals surface area contributed by atoms with E-state index >= 15 is 0 Å². The zero-order valence-corrected chi connectivity index (χ0v) is 14.8. The van der Waals surface area contributed by atoms with Crippen LogP contribution in [0.4, 0.5) is 5.69 Å². The van der Waals surface area contributed by atoms with Crippen molar-refractivity contribution in [2.45, 2.75) is 25.9 Å². The maximum atomic E-state index is 12.6. The van der Waals surface area contributed by atoms with Crippen LogP contribution < -0.4 is 14.6 Å². The van der Waals surface area contributed by atoms with Crippen LogP contribution in [0, 0.1) is 0 Å². The number of nitrogens with one attached hydrogen (secondary N) is 1. The summed E-state index contributed by atoms with van der Waals surface area (Å²) in [4.78, 5) is 12.6. The first-order valence-electron chi connectivity index (χ1n) is 8.86. The van der Waals surface area contributed by atoms with Gasteiger partial charge in [-0.2, -0.15) is 0 Å². The molecule has 2 aromatic carbocycles. The smallest absolute Gasteiger partial charge is 0.266 e. The van der Waals surface area contributed by atoms with E-state index in [1.165, 1.54) is 17.1 Å². The van der Waals surface area contributed by atoms with Gasteiger partial charge in [-0.1, -0.05) is 42.5 Å². The molecule has 0 saturated carbocycles. The maximum Gasteiger partial charge on any atom is 0.266 e. The summed E-state index contributed by atoms with van der Waals surface area (Å²) in [6.07, 6.45) is 4.20. The summed E-state index contributed by atoms with van der Waals surface area (Å²) in [7, 11) is 1.60. The number of carbonyl (C=O) groups excluding carboxylic acids is 1. The van der Waals surface area contributed by atoms with Crippen molar-refractivity contribution < 1.29 is 14.1 Å². The third-order valence-electron chi connectivity index (χ3n) is 4.76. The number of nitrogens with zero attached hydrogens (tertiary/aromatic N) is 2. The average Bonchev–Trinajstić information content (AvgIpc) is 3.27. The molecule has 26 heavy (non-hydrogen) atoms. The first-order chi connectivity index (χ1) is 12.8. The monoisotopic (exact) mass is 348 g/mol. The largest absolute Gasteiger partial charge is 0.495 e. The number of hydrogen-bond acceptors (Lipinski definition) is 2. The van der Waals surface area contributed by atoms with E-state index in [1.54, 1.807) is 7.11 Å². The Labute approximate surface area is 152 Å². The van der Waals surface area contributed by atoms with Crippen molar-refractivity contribution in [3.63, 3.8) is 0 Å². The number of fused-ring (bicyclic) bond motifs is 1. The van der Waals surface area contributed by atoms with E-state index in [0.717, 1.165) is 19.4 Å². The Morgan fingerprint density at radius 3 is 2.73 bits per heavy atom. The van der Waals surface area contributed by atoms with Gasteiger partial charge in [0.1, 0.15) is 11.9 Å². The summed E-state index contributed by atoms with van der Waals surface area (Å²) in [5.74, 6) is 1.82. The number of methoxy groups -OCH3 is 1. The molecular formula is C21H22N3O2+. The molecule has 1 aliphatic rings. The molecule has 2 heterocycles. The Morgan fingerprint density at radius 1 is 1.15 bits per heavy atom. The summed E-state index contributed by atoms with van der Waals surface area (Å²) in [5, 5.41) is 2.96. The molecule has 0 unspecified atom stereocenters. The van der Waals surface area contributed by atoms with Crippen LogP contribution in [-0.4, -0.2) is 17.6 Å². The van der Waals surface area contributed by atoms with Crippen LogP contribution in [0.15, 0.2) is 60.8 Å². The molecule has 1 aromatic heterocycles. The molecule has 132 valence electrons. The van der Waals surface area contributed by atoms with Crippen molar-refractivity contribution in [3.05, 3.63) is 66.6 Å². The molecule has 0 radical (unpaired) electrons. The second kappa shape index (κ2) is 7.04. The van der Waals surface area contributed by atoms with E-state index in [0.29, 0.717) is 18.0 Å². The van der Waals surface area contributed by atoms with Crippen molar-refractivity contribution in [2.24, 2.45) is 0 Å². The first kappa shape index (κ1) is 16.4. The highest BCUT2D eigenvalue weighted by Gasteiger charge is 2.29. The Balaban J connectivity index is 1.58. The van der Waals surface area contributed by atoms with Gasteiger partial charge >= 0.3 is 0 Å². The summed E-state index contributed by atoms with van der Waals surface area (Å²) in [6, 6.07) is 17.8. The molecule has 1 N–H and O–H groups in total. The molecule has 3 aromatic rings. The lowest BCUT2D eigenvalue weighted by Crippen LogP contribution is -2.42. The van der Waals surface area contributed by atoms with Crippen LogP contribution in [0.1, 0.15) is 12.2 Å². The number of benzene rings is 2. The third-order valence-corrected chi connectivity index (χ3v) is 4.76. The highest BCUT2D eigenvalue weighted by atomic mass is 16.5. The van der Waals surface area contributed by atoms with E-state index in [2.05, 4.69) is 32.8 Å². The summed E-state index contributed by atoms with van der Waals surface area (Å²) in [5.41, 5.74) is 3.04. The molecule has 0 aliphatic carbocycles. The number of para-hydroxylation sites is 2. The van der Waals surface area contributed by atoms with Gasteiger partial charge in [0.15, 0.2) is 12.2 Å². The number of hydrogen-bond donors (Lipinski definition) is 1. The number of carbonyl (C=O) groups is 1. The normalized spacial score (nSPS) is 12.7. The Bertz CT molecular complexity index is 932. The van der Waals surface area contributed by atoms with Crippen LogP contribution in [0.2, 0.25) is 0 Å². The van der Waals surface area contributed by atoms with Crippen LogP contribution in [-0.2, 0) is 24.3 Å². The Kier molecular flexibility index (Phi) is 4.44. The minimum atomic E-state index is -0.0561. The van der Waals surface area contributed by atoms with E-state index < -0.39 is 0 Å². The van der Waals surface area contributed by atoms with Gasteiger partial charge in [0.05, 0.1) is 25.8 Å². The van der Waals surface area contributed by atoms with Gasteiger partial charge in [0, 0.05) is 5.56 Å². The average molecular weight is 348 g/mol. The van der Waals surface area contributed by atoms with E-state index in [4.69, 9.17) is 4.74 Å². The number of rotatable bonds is 5. The molecule has 4 rings (SSSR count). The van der Waals surface area contributed by atoms with Crippen LogP contribution in [0.25, 0.3) is 11.3 Å². The van der Waals surface area contributed by atoms with E-state index in [9.17, 15) is 4.79 Å². The maximum absolute atomic E-state index is 12.6. The lowest BCUT2D eigenvalue weighted by atomic mass is 10.2. The SMILES string of the molecule is COc1ccccc1NC(=O)C[n+]1cc(-c2ccccc2)n2c1CCC2. The van der Waals surface area contributed by atoms with Crippen molar-refractivity contribution >= 4 is 11.6 Å². The fraction of sp³-hybridized carbons (Fsp3) is 0.238. The second-order valence-electron chi connectivity index (χ2n) is 6.43. The van der Waals surface area contributed by atoms with Crippen LogP contribution in [0.3, 0.4) is 0 Å². The molecular weight excluding hydrogens is 326 g/mol. The van der Waals surface area contributed by atoms with Crippen molar-refractivity contribution in [1.29, 1.82) is 0 Å². The minimum Gasteiger partial charge on any atom is -0.495 e. The molecule has 0 spiro atoms. The molecule has 1 aliphatic heterocycles. The molecule has 0 saturated heterocycles. The van der Waals surface area contributed by atoms with Crippen LogP contribution >= 0.6 is 0 Å². The zero-order valence-electron chi connectivity index (χ0n) is 14.8. The predicted molar refractivity (Wildman–Crippen MR) is 100 cm³/mol. The zero-order chi connectivity index (χ0) is 17.9. The van der Waals surface area contributed by atoms with Crippen molar-refractivity contribution in [3.8, 4) is 17.0 Å². The minimum absolute atomic E-state index is 0.0561. The summed E-state index contributed by atoms with van der Waals surface area (Å²) >= 11 is 0. The summed E-state index contributed by atoms with van der Waals surface area (Å²) in [6.45, 7) is 1.29. The molecule has 0 atom stereocenters. The fourth-order valence-electron chi connectivity index (χ4n) is 3.58. The van der Waals surface area contributed by atoms with E-state index in [-0.39, 0.29) is 5.91 Å². The number of imidazole rings is 1. The van der Waals surface area contributed by atoms with E-state index in [1.807, 2.05) is 42.5 Å². The molecule has 5 nitrogen and oxygen atoms in total. The molecule has 1 amide bonds. The van der Waals surface area contributed by atoms with Gasteiger partial charge in [-0.05, 0) is 18.6 Å². The van der Waals surface area contributed by atoms with Crippen molar-refractivity contribution in [2.75, 3.05) is 12.4 Å². The van der Waals surface area contributed by atoms with Gasteiger partial charge in [-0.3, -0.25) is 4.79 Å². The Morgan fingerprint density at radius 2 is 1.92 bits per heavy atom. The third kappa shape index (κ3) is 3.08. The number of ether oxygens (including phenoxy) is 1. The predicted octanol–water partition coefficient (Wildman–Crippen LogP) is 3.04. The molecule has 0 fully saturated rings. The summed E-state index contributed by atoms with van der Waals surface area (Å²) < 4.78 is 9.70. The number of anilines is 1. The number of amides is 1. The van der Waals surface area contributed by atoms with Gasteiger partial charge in [-0.25, -0.2) is 9.13 Å². The van der Waals surface area contributed by atoms with Gasteiger partial charge < -0.3 is 10.1 Å². The highest BCUT2D eigenvalue weighted by Crippen LogP contribution is 2.25. The quantitative estimate of drug-likeness (QED) is 0.721. The standard InChI is InChI=1S/C21H21N3O2/c1-26-19-11-6-5-10-17(19)22-20(25)15-23-14-18(16-8-3-2-4-9-16)24-13-7-12-21(23)24/h2-6,8-11,14H,7,12-13,15H2,1H3/p+1. The van der Waals surface area contributed by atoms with Crippen molar-refractivity contribution in [1.82, 2.24) is 4.57 Å².